The molecule has 0 saturated heterocycles. The van der Waals surface area contributed by atoms with Crippen molar-refractivity contribution in [3.63, 3.8) is 0 Å². The van der Waals surface area contributed by atoms with E-state index in [1.165, 1.54) is 0 Å². The van der Waals surface area contributed by atoms with Gasteiger partial charge in [-0.05, 0) is 36.2 Å². The van der Waals surface area contributed by atoms with E-state index >= 15 is 0 Å². The Labute approximate surface area is 171 Å². The van der Waals surface area contributed by atoms with Crippen molar-refractivity contribution in [3.8, 4) is 11.1 Å². The molecule has 7 nitrogen and oxygen atoms in total. The summed E-state index contributed by atoms with van der Waals surface area (Å²) in [6.07, 6.45) is 1.57. The van der Waals surface area contributed by atoms with Crippen LogP contribution in [0.1, 0.15) is 45.4 Å². The molecule has 0 unspecified atom stereocenters. The number of aliphatic hydroxyl groups excluding tert-OH is 3. The maximum atomic E-state index is 12.4. The van der Waals surface area contributed by atoms with Crippen molar-refractivity contribution in [1.29, 1.82) is 0 Å². The predicted octanol–water partition coefficient (Wildman–Crippen LogP) is 2.50. The number of ether oxygens (including phenoxy) is 1. The monoisotopic (exact) mass is 402 g/mol. The molecule has 0 aliphatic heterocycles. The Bertz CT molecular complexity index is 842. The molecule has 0 aliphatic rings. The number of hydrogen-bond donors (Lipinski definition) is 5. The summed E-state index contributed by atoms with van der Waals surface area (Å²) < 4.78 is 5.13. The minimum absolute atomic E-state index is 0.243. The molecule has 1 aromatic carbocycles. The fourth-order valence-electron chi connectivity index (χ4n) is 3.26. The number of benzene rings is 1. The molecule has 0 fully saturated rings. The topological polar surface area (TPSA) is 115 Å². The smallest absolute Gasteiger partial charge is 0.355 e. The third-order valence-electron chi connectivity index (χ3n) is 4.44. The van der Waals surface area contributed by atoms with Gasteiger partial charge in [-0.15, -0.1) is 13.2 Å². The lowest BCUT2D eigenvalue weighted by molar-refractivity contribution is 0.0520. The highest BCUT2D eigenvalue weighted by molar-refractivity contribution is 5.97. The van der Waals surface area contributed by atoms with E-state index in [2.05, 4.69) is 30.0 Å². The van der Waals surface area contributed by atoms with E-state index in [4.69, 9.17) is 4.74 Å². The maximum absolute atomic E-state index is 12.4. The lowest BCUT2D eigenvalue weighted by atomic mass is 9.90. The standard InChI is InChI=1S/C20H26N2O5.C2H4/c1-4-13-18(17(8-21-3)22-19(13)20(26)27-5-2)14-7-6-12(9-23)15(10-24)16(14)11-25;1-2/h4,6-7,21-25H,1,5,8-11H2,2-3H3;1-2H2. The van der Waals surface area contributed by atoms with E-state index in [0.29, 0.717) is 39.9 Å². The Morgan fingerprint density at radius 2 is 1.83 bits per heavy atom. The molecule has 0 atom stereocenters. The van der Waals surface area contributed by atoms with E-state index in [1.54, 1.807) is 32.2 Å². The molecule has 1 heterocycles. The molecule has 0 spiro atoms. The zero-order valence-corrected chi connectivity index (χ0v) is 17.0. The SMILES string of the molecule is C=C.C=Cc1c(C(=O)OCC)[nH]c(CNC)c1-c1ccc(CO)c(CO)c1CO. The highest BCUT2D eigenvalue weighted by Gasteiger charge is 2.24. The molecule has 29 heavy (non-hydrogen) atoms. The summed E-state index contributed by atoms with van der Waals surface area (Å²) in [5.41, 5.74) is 4.45. The average molecular weight is 402 g/mol. The summed E-state index contributed by atoms with van der Waals surface area (Å²) in [6.45, 7) is 11.3. The van der Waals surface area contributed by atoms with Gasteiger partial charge in [0.1, 0.15) is 5.69 Å². The molecule has 0 bridgehead atoms. The van der Waals surface area contributed by atoms with Gasteiger partial charge in [-0.3, -0.25) is 0 Å². The first-order chi connectivity index (χ1) is 14.1. The highest BCUT2D eigenvalue weighted by atomic mass is 16.5. The third kappa shape index (κ3) is 5.02. The van der Waals surface area contributed by atoms with Gasteiger partial charge in [-0.25, -0.2) is 4.79 Å². The van der Waals surface area contributed by atoms with Crippen LogP contribution in [0.25, 0.3) is 17.2 Å². The van der Waals surface area contributed by atoms with Gasteiger partial charge in [0.2, 0.25) is 0 Å². The summed E-state index contributed by atoms with van der Waals surface area (Å²) >= 11 is 0. The first-order valence-corrected chi connectivity index (χ1v) is 9.23. The van der Waals surface area contributed by atoms with Crippen LogP contribution in [0.5, 0.6) is 0 Å². The van der Waals surface area contributed by atoms with Crippen molar-refractivity contribution in [2.45, 2.75) is 33.3 Å². The molecule has 0 amide bonds. The van der Waals surface area contributed by atoms with Crippen LogP contribution in [0.15, 0.2) is 31.9 Å². The first-order valence-electron chi connectivity index (χ1n) is 9.23. The van der Waals surface area contributed by atoms with Crippen LogP contribution in [0.2, 0.25) is 0 Å². The van der Waals surface area contributed by atoms with Crippen LogP contribution in [0.4, 0.5) is 0 Å². The maximum Gasteiger partial charge on any atom is 0.355 e. The van der Waals surface area contributed by atoms with E-state index in [1.807, 2.05) is 0 Å². The van der Waals surface area contributed by atoms with Gasteiger partial charge in [-0.2, -0.15) is 0 Å². The molecule has 2 rings (SSSR count). The van der Waals surface area contributed by atoms with Crippen molar-refractivity contribution in [2.75, 3.05) is 13.7 Å². The van der Waals surface area contributed by atoms with Crippen LogP contribution in [-0.2, 0) is 31.1 Å². The molecule has 0 radical (unpaired) electrons. The second-order valence-electron chi connectivity index (χ2n) is 5.93. The predicted molar refractivity (Wildman–Crippen MR) is 114 cm³/mol. The number of carbonyl (C=O) groups is 1. The normalized spacial score (nSPS) is 10.2. The van der Waals surface area contributed by atoms with Gasteiger partial charge in [0, 0.05) is 23.4 Å². The lowest BCUT2D eigenvalue weighted by Gasteiger charge is -2.17. The lowest BCUT2D eigenvalue weighted by Crippen LogP contribution is -2.09. The van der Waals surface area contributed by atoms with Crippen molar-refractivity contribution in [2.24, 2.45) is 0 Å². The molecular weight excluding hydrogens is 372 g/mol. The molecule has 2 aromatic rings. The fourth-order valence-corrected chi connectivity index (χ4v) is 3.26. The van der Waals surface area contributed by atoms with Crippen molar-refractivity contribution in [1.82, 2.24) is 10.3 Å². The van der Waals surface area contributed by atoms with Crippen molar-refractivity contribution < 1.29 is 24.9 Å². The number of rotatable bonds is 9. The van der Waals surface area contributed by atoms with Crippen LogP contribution < -0.4 is 5.32 Å². The number of esters is 1. The number of aromatic amines is 1. The molecule has 1 aromatic heterocycles. The fraction of sp³-hybridized carbons (Fsp3) is 0.318. The molecule has 5 N–H and O–H groups in total. The summed E-state index contributed by atoms with van der Waals surface area (Å²) in [5.74, 6) is -0.490. The minimum Gasteiger partial charge on any atom is -0.461 e. The summed E-state index contributed by atoms with van der Waals surface area (Å²) in [5, 5.41) is 32.3. The van der Waals surface area contributed by atoms with Crippen LogP contribution in [0, 0.1) is 0 Å². The zero-order valence-electron chi connectivity index (χ0n) is 17.0. The van der Waals surface area contributed by atoms with E-state index in [-0.39, 0.29) is 32.1 Å². The van der Waals surface area contributed by atoms with E-state index in [0.717, 1.165) is 5.69 Å². The third-order valence-corrected chi connectivity index (χ3v) is 4.44. The van der Waals surface area contributed by atoms with Gasteiger partial charge in [-0.1, -0.05) is 24.8 Å². The summed E-state index contributed by atoms with van der Waals surface area (Å²) in [7, 11) is 1.78. The van der Waals surface area contributed by atoms with Gasteiger partial charge < -0.3 is 30.4 Å². The van der Waals surface area contributed by atoms with E-state index in [9.17, 15) is 20.1 Å². The van der Waals surface area contributed by atoms with Crippen LogP contribution in [0.3, 0.4) is 0 Å². The summed E-state index contributed by atoms with van der Waals surface area (Å²) in [6, 6.07) is 3.47. The van der Waals surface area contributed by atoms with Crippen LogP contribution in [-0.4, -0.2) is 39.9 Å². The van der Waals surface area contributed by atoms with Gasteiger partial charge >= 0.3 is 5.97 Å². The number of H-pyrrole nitrogens is 1. The highest BCUT2D eigenvalue weighted by Crippen LogP contribution is 2.36. The Hall–Kier alpha value is -2.71. The number of nitrogens with one attached hydrogen (secondary N) is 2. The Morgan fingerprint density at radius 3 is 2.31 bits per heavy atom. The number of aliphatic hydroxyl groups is 3. The van der Waals surface area contributed by atoms with Gasteiger partial charge in [0.15, 0.2) is 0 Å². The Balaban J connectivity index is 0.00000204. The molecule has 0 aliphatic carbocycles. The second kappa shape index (κ2) is 12.0. The number of carbonyl (C=O) groups excluding carboxylic acids is 1. The second-order valence-corrected chi connectivity index (χ2v) is 5.93. The van der Waals surface area contributed by atoms with Gasteiger partial charge in [0.25, 0.3) is 0 Å². The summed E-state index contributed by atoms with van der Waals surface area (Å²) in [4.78, 5) is 15.5. The largest absolute Gasteiger partial charge is 0.461 e. The van der Waals surface area contributed by atoms with E-state index < -0.39 is 5.97 Å². The average Bonchev–Trinajstić information content (AvgIpc) is 3.12. The minimum atomic E-state index is -0.490. The number of aromatic nitrogens is 1. The Morgan fingerprint density at radius 1 is 1.17 bits per heavy atom. The first kappa shape index (κ1) is 24.3. The van der Waals surface area contributed by atoms with Crippen molar-refractivity contribution in [3.05, 3.63) is 65.5 Å². The molecular formula is C22H30N2O5. The quantitative estimate of drug-likeness (QED) is 0.325. The molecule has 0 saturated carbocycles. The van der Waals surface area contributed by atoms with Crippen LogP contribution >= 0.6 is 0 Å². The zero-order chi connectivity index (χ0) is 22.0. The molecule has 7 heteroatoms. The van der Waals surface area contributed by atoms with Gasteiger partial charge in [0.05, 0.1) is 26.4 Å². The van der Waals surface area contributed by atoms with Crippen molar-refractivity contribution >= 4 is 12.0 Å². The Kier molecular flexibility index (Phi) is 10.1. The number of hydrogen-bond acceptors (Lipinski definition) is 6. The molecule has 158 valence electrons.